The van der Waals surface area contributed by atoms with Gasteiger partial charge >= 0.3 is 6.03 Å². The van der Waals surface area contributed by atoms with E-state index in [0.29, 0.717) is 10.7 Å². The van der Waals surface area contributed by atoms with Crippen LogP contribution in [0.5, 0.6) is 0 Å². The molecule has 1 aromatic carbocycles. The number of hydrogen-bond acceptors (Lipinski definition) is 5. The van der Waals surface area contributed by atoms with Crippen LogP contribution in [-0.4, -0.2) is 58.4 Å². The minimum absolute atomic E-state index is 0.0527. The van der Waals surface area contributed by atoms with Crippen molar-refractivity contribution in [3.05, 3.63) is 46.2 Å². The van der Waals surface area contributed by atoms with Crippen molar-refractivity contribution in [2.45, 2.75) is 66.1 Å². The highest BCUT2D eigenvalue weighted by Crippen LogP contribution is 2.18. The third kappa shape index (κ3) is 8.40. The summed E-state index contributed by atoms with van der Waals surface area (Å²) in [5.41, 5.74) is 0.478. The molecule has 1 atom stereocenters. The summed E-state index contributed by atoms with van der Waals surface area (Å²) in [6.45, 7) is 13.4. The van der Waals surface area contributed by atoms with E-state index < -0.39 is 11.8 Å². The van der Waals surface area contributed by atoms with Crippen molar-refractivity contribution in [1.82, 2.24) is 20.1 Å². The van der Waals surface area contributed by atoms with E-state index in [1.807, 2.05) is 20.8 Å². The third-order valence-corrected chi connectivity index (χ3v) is 6.31. The molecule has 0 aliphatic rings. The number of aromatic nitrogens is 1. The second kappa shape index (κ2) is 13.3. The molecule has 0 aliphatic heterocycles. The molecule has 0 bridgehead atoms. The van der Waals surface area contributed by atoms with Crippen molar-refractivity contribution in [3.8, 4) is 0 Å². The zero-order valence-electron chi connectivity index (χ0n) is 20.2. The molecule has 0 saturated heterocycles. The fraction of sp³-hybridized carbons (Fsp3) is 0.542. The van der Waals surface area contributed by atoms with Crippen LogP contribution in [0.3, 0.4) is 0 Å². The van der Waals surface area contributed by atoms with E-state index in [9.17, 15) is 14.0 Å². The fourth-order valence-electron chi connectivity index (χ4n) is 3.40. The van der Waals surface area contributed by atoms with Crippen LogP contribution in [0.2, 0.25) is 0 Å². The molecule has 2 N–H and O–H groups in total. The monoisotopic (exact) mass is 477 g/mol. The highest BCUT2D eigenvalue weighted by atomic mass is 32.1. The first kappa shape index (κ1) is 26.7. The zero-order chi connectivity index (χ0) is 24.4. The van der Waals surface area contributed by atoms with E-state index in [0.717, 1.165) is 32.5 Å². The summed E-state index contributed by atoms with van der Waals surface area (Å²) in [7, 11) is 0. The van der Waals surface area contributed by atoms with Crippen molar-refractivity contribution >= 4 is 29.0 Å². The lowest BCUT2D eigenvalue weighted by molar-refractivity contribution is 0.0932. The lowest BCUT2D eigenvalue weighted by atomic mass is 10.1. The first-order valence-corrected chi connectivity index (χ1v) is 12.4. The maximum Gasteiger partial charge on any atom is 0.322 e. The predicted octanol–water partition coefficient (Wildman–Crippen LogP) is 4.97. The van der Waals surface area contributed by atoms with Gasteiger partial charge in [-0.1, -0.05) is 26.0 Å². The van der Waals surface area contributed by atoms with Gasteiger partial charge in [0.15, 0.2) is 0 Å². The molecule has 0 aliphatic carbocycles. The van der Waals surface area contributed by atoms with Crippen molar-refractivity contribution in [1.29, 1.82) is 0 Å². The van der Waals surface area contributed by atoms with Gasteiger partial charge in [0.25, 0.3) is 5.91 Å². The van der Waals surface area contributed by atoms with Gasteiger partial charge in [-0.15, -0.1) is 11.3 Å². The van der Waals surface area contributed by atoms with E-state index in [1.165, 1.54) is 23.5 Å². The van der Waals surface area contributed by atoms with Gasteiger partial charge < -0.3 is 20.4 Å². The van der Waals surface area contributed by atoms with E-state index in [2.05, 4.69) is 34.4 Å². The van der Waals surface area contributed by atoms with Gasteiger partial charge in [0.1, 0.15) is 16.5 Å². The molecule has 0 spiro atoms. The van der Waals surface area contributed by atoms with E-state index in [-0.39, 0.29) is 30.2 Å². The Hall–Kier alpha value is -2.52. The number of urea groups is 1. The van der Waals surface area contributed by atoms with Crippen LogP contribution >= 0.6 is 11.3 Å². The number of carbonyl (C=O) groups excluding carboxylic acids is 2. The van der Waals surface area contributed by atoms with Crippen LogP contribution in [0, 0.1) is 5.82 Å². The molecule has 0 saturated carbocycles. The van der Waals surface area contributed by atoms with Gasteiger partial charge in [-0.2, -0.15) is 0 Å². The summed E-state index contributed by atoms with van der Waals surface area (Å²) in [6, 6.07) is 5.54. The quantitative estimate of drug-likeness (QED) is 0.453. The number of anilines is 1. The van der Waals surface area contributed by atoms with Crippen molar-refractivity contribution in [3.63, 3.8) is 0 Å². The number of rotatable bonds is 12. The first-order chi connectivity index (χ1) is 15.7. The Morgan fingerprint density at radius 2 is 1.85 bits per heavy atom. The second-order valence-electron chi connectivity index (χ2n) is 8.30. The van der Waals surface area contributed by atoms with Gasteiger partial charge in [-0.3, -0.25) is 4.79 Å². The average molecular weight is 478 g/mol. The number of nitrogens with zero attached hydrogens (tertiary/aromatic N) is 3. The van der Waals surface area contributed by atoms with Crippen LogP contribution < -0.4 is 10.6 Å². The Balaban J connectivity index is 1.92. The van der Waals surface area contributed by atoms with Gasteiger partial charge in [0.05, 0.1) is 12.2 Å². The molecule has 33 heavy (non-hydrogen) atoms. The normalized spacial score (nSPS) is 12.1. The lowest BCUT2D eigenvalue weighted by Gasteiger charge is -2.26. The summed E-state index contributed by atoms with van der Waals surface area (Å²) >= 11 is 1.33. The molecule has 2 rings (SSSR count). The Kier molecular flexibility index (Phi) is 10.7. The molecular weight excluding hydrogens is 441 g/mol. The number of para-hydroxylation sites is 1. The number of thiazole rings is 1. The fourth-order valence-corrected chi connectivity index (χ4v) is 4.17. The van der Waals surface area contributed by atoms with Crippen LogP contribution in [0.25, 0.3) is 0 Å². The maximum absolute atomic E-state index is 13.9. The maximum atomic E-state index is 13.9. The Bertz CT molecular complexity index is 900. The van der Waals surface area contributed by atoms with E-state index in [1.54, 1.807) is 22.4 Å². The van der Waals surface area contributed by atoms with Gasteiger partial charge in [0.2, 0.25) is 0 Å². The van der Waals surface area contributed by atoms with E-state index in [4.69, 9.17) is 0 Å². The SMILES string of the molecule is CCN(CC)CCCC(C)NC(=O)c1csc(CN(C(=O)Nc2ccccc2F)C(C)C)n1. The standard InChI is InChI=1S/C24H36FN5O2S/c1-6-29(7-2)14-10-11-18(5)26-23(31)21-16-33-22(27-21)15-30(17(3)4)24(32)28-20-13-9-8-12-19(20)25/h8-9,12-13,16-18H,6-7,10-11,14-15H2,1-5H3,(H,26,31)(H,28,32). The van der Waals surface area contributed by atoms with Gasteiger partial charge in [-0.25, -0.2) is 14.2 Å². The lowest BCUT2D eigenvalue weighted by Crippen LogP contribution is -2.39. The van der Waals surface area contributed by atoms with Crippen LogP contribution in [0.1, 0.15) is 63.0 Å². The number of amides is 3. The molecule has 3 amide bonds. The minimum atomic E-state index is -0.492. The third-order valence-electron chi connectivity index (χ3n) is 5.47. The number of carbonyl (C=O) groups is 2. The predicted molar refractivity (Wildman–Crippen MR) is 132 cm³/mol. The first-order valence-electron chi connectivity index (χ1n) is 11.5. The van der Waals surface area contributed by atoms with Crippen LogP contribution in [0.4, 0.5) is 14.9 Å². The topological polar surface area (TPSA) is 77.6 Å². The molecule has 1 unspecified atom stereocenters. The summed E-state index contributed by atoms with van der Waals surface area (Å²) < 4.78 is 13.9. The van der Waals surface area contributed by atoms with Crippen molar-refractivity contribution in [2.75, 3.05) is 25.0 Å². The Labute approximate surface area is 200 Å². The van der Waals surface area contributed by atoms with Crippen LogP contribution in [-0.2, 0) is 6.54 Å². The molecule has 9 heteroatoms. The number of benzene rings is 1. The summed E-state index contributed by atoms with van der Waals surface area (Å²) in [4.78, 5) is 33.7. The summed E-state index contributed by atoms with van der Waals surface area (Å²) in [5, 5.41) is 7.97. The van der Waals surface area contributed by atoms with E-state index >= 15 is 0 Å². The van der Waals surface area contributed by atoms with Gasteiger partial charge in [0, 0.05) is 17.5 Å². The molecule has 182 valence electrons. The Morgan fingerprint density at radius 3 is 2.48 bits per heavy atom. The number of nitrogens with one attached hydrogen (secondary N) is 2. The van der Waals surface area contributed by atoms with Crippen molar-refractivity contribution in [2.24, 2.45) is 0 Å². The van der Waals surface area contributed by atoms with Crippen LogP contribution in [0.15, 0.2) is 29.6 Å². The highest BCUT2D eigenvalue weighted by Gasteiger charge is 2.21. The zero-order valence-corrected chi connectivity index (χ0v) is 21.0. The smallest absolute Gasteiger partial charge is 0.322 e. The highest BCUT2D eigenvalue weighted by molar-refractivity contribution is 7.09. The van der Waals surface area contributed by atoms with Crippen molar-refractivity contribution < 1.29 is 14.0 Å². The number of halogens is 1. The summed E-state index contributed by atoms with van der Waals surface area (Å²) in [5.74, 6) is -0.700. The molecule has 0 fully saturated rings. The average Bonchev–Trinajstić information content (AvgIpc) is 3.25. The van der Waals surface area contributed by atoms with Gasteiger partial charge in [-0.05, 0) is 65.4 Å². The molecule has 7 nitrogen and oxygen atoms in total. The number of hydrogen-bond donors (Lipinski definition) is 2. The molecule has 2 aromatic rings. The minimum Gasteiger partial charge on any atom is -0.348 e. The molecule has 1 aromatic heterocycles. The largest absolute Gasteiger partial charge is 0.348 e. The second-order valence-corrected chi connectivity index (χ2v) is 9.24. The summed E-state index contributed by atoms with van der Waals surface area (Å²) in [6.07, 6.45) is 1.92. The Morgan fingerprint density at radius 1 is 1.15 bits per heavy atom. The molecule has 1 heterocycles. The molecular formula is C24H36FN5O2S. The molecule has 0 radical (unpaired) electrons.